The second kappa shape index (κ2) is 5.89. The van der Waals surface area contributed by atoms with E-state index >= 15 is 0 Å². The Morgan fingerprint density at radius 1 is 1.33 bits per heavy atom. The fraction of sp³-hybridized carbons (Fsp3) is 0.812. The first kappa shape index (κ1) is 19.0. The van der Waals surface area contributed by atoms with Gasteiger partial charge in [-0.1, -0.05) is 46.8 Å². The maximum Gasteiger partial charge on any atom is 0.326 e. The lowest BCUT2D eigenvalue weighted by molar-refractivity contribution is -0.152. The van der Waals surface area contributed by atoms with Crippen molar-refractivity contribution in [1.29, 1.82) is 0 Å². The summed E-state index contributed by atoms with van der Waals surface area (Å²) in [5, 5.41) is 12.0. The molecule has 5 nitrogen and oxygen atoms in total. The van der Waals surface area contributed by atoms with E-state index in [9.17, 15) is 23.5 Å². The van der Waals surface area contributed by atoms with Gasteiger partial charge in [0.1, 0.15) is 17.1 Å². The Labute approximate surface area is 145 Å². The van der Waals surface area contributed by atoms with Crippen LogP contribution in [0, 0.1) is 22.7 Å². The Bertz CT molecular complexity index is 574. The predicted molar refractivity (Wildman–Crippen MR) is 88.9 cm³/mol. The highest BCUT2D eigenvalue weighted by molar-refractivity contribution is 7.80. The molecule has 4 atom stereocenters. The summed E-state index contributed by atoms with van der Waals surface area (Å²) in [5.41, 5.74) is -0.801. The molecular formula is C16H24F2N2O3S. The molecule has 0 unspecified atom stereocenters. The fourth-order valence-electron chi connectivity index (χ4n) is 3.82. The number of alkyl halides is 2. The Kier molecular flexibility index (Phi) is 4.67. The minimum Gasteiger partial charge on any atom is -0.480 e. The number of piperidine rings is 1. The van der Waals surface area contributed by atoms with E-state index in [2.05, 4.69) is 17.5 Å². The molecule has 0 radical (unpaired) electrons. The highest BCUT2D eigenvalue weighted by Gasteiger charge is 2.70. The zero-order valence-electron chi connectivity index (χ0n) is 14.5. The molecule has 24 heavy (non-hydrogen) atoms. The lowest BCUT2D eigenvalue weighted by Crippen LogP contribution is -2.58. The minimum atomic E-state index is -2.86. The number of fused-ring (bicyclic) bond motifs is 1. The molecular weight excluding hydrogens is 338 g/mol. The van der Waals surface area contributed by atoms with Gasteiger partial charge in [0.15, 0.2) is 0 Å². The van der Waals surface area contributed by atoms with Gasteiger partial charge in [-0.3, -0.25) is 4.79 Å². The minimum absolute atomic E-state index is 0.0957. The maximum absolute atomic E-state index is 12.9. The van der Waals surface area contributed by atoms with Crippen LogP contribution in [-0.4, -0.2) is 51.9 Å². The quantitative estimate of drug-likeness (QED) is 0.750. The second-order valence-electron chi connectivity index (χ2n) is 8.34. The van der Waals surface area contributed by atoms with Crippen LogP contribution >= 0.6 is 12.2 Å². The van der Waals surface area contributed by atoms with Crippen LogP contribution in [0.4, 0.5) is 8.78 Å². The van der Waals surface area contributed by atoms with Crippen LogP contribution in [0.2, 0.25) is 0 Å². The molecule has 2 N–H and O–H groups in total. The van der Waals surface area contributed by atoms with Gasteiger partial charge in [-0.25, -0.2) is 13.6 Å². The summed E-state index contributed by atoms with van der Waals surface area (Å²) in [7, 11) is 0. The first-order chi connectivity index (χ1) is 10.8. The van der Waals surface area contributed by atoms with Crippen molar-refractivity contribution in [2.45, 2.75) is 53.1 Å². The van der Waals surface area contributed by atoms with Crippen LogP contribution in [0.1, 0.15) is 34.6 Å². The van der Waals surface area contributed by atoms with Gasteiger partial charge in [0.2, 0.25) is 5.91 Å². The number of thiocarbonyl (C=S) groups is 1. The molecule has 2 fully saturated rings. The van der Waals surface area contributed by atoms with Crippen LogP contribution in [0.5, 0.6) is 0 Å². The molecule has 1 aliphatic heterocycles. The van der Waals surface area contributed by atoms with Crippen molar-refractivity contribution in [3.8, 4) is 0 Å². The van der Waals surface area contributed by atoms with E-state index in [1.165, 1.54) is 4.90 Å². The van der Waals surface area contributed by atoms with Crippen molar-refractivity contribution in [3.05, 3.63) is 0 Å². The van der Waals surface area contributed by atoms with Gasteiger partial charge in [-0.15, -0.1) is 0 Å². The molecule has 0 aromatic heterocycles. The van der Waals surface area contributed by atoms with Gasteiger partial charge in [0, 0.05) is 12.5 Å². The second-order valence-corrected chi connectivity index (χ2v) is 8.78. The number of likely N-dealkylation sites (tertiary alicyclic amines) is 1. The standard InChI is InChI=1S/C16H24F2N2O3S/c1-15(2,3)10(19-12(24)11(17)18)13(21)20-6-7-8(16(7,4)5)9(20)14(22)23/h7-11H,6H2,1-5H3,(H,19,24)(H,22,23)/t7-,8-,9-,10+/m0/s1. The summed E-state index contributed by atoms with van der Waals surface area (Å²) in [5.74, 6) is -1.50. The topological polar surface area (TPSA) is 69.6 Å². The molecule has 1 heterocycles. The van der Waals surface area contributed by atoms with E-state index < -0.39 is 40.8 Å². The number of carboxylic acids is 1. The predicted octanol–water partition coefficient (Wildman–Crippen LogP) is 2.15. The number of hydrogen-bond acceptors (Lipinski definition) is 3. The molecule has 1 saturated heterocycles. The first-order valence-electron chi connectivity index (χ1n) is 7.92. The van der Waals surface area contributed by atoms with Crippen molar-refractivity contribution in [2.24, 2.45) is 22.7 Å². The van der Waals surface area contributed by atoms with Gasteiger partial charge in [-0.05, 0) is 16.7 Å². The molecule has 0 aromatic carbocycles. The molecule has 1 aliphatic carbocycles. The van der Waals surface area contributed by atoms with Crippen LogP contribution < -0.4 is 5.32 Å². The molecule has 2 aliphatic rings. The smallest absolute Gasteiger partial charge is 0.326 e. The average molecular weight is 362 g/mol. The molecule has 0 bridgehead atoms. The summed E-state index contributed by atoms with van der Waals surface area (Å²) in [4.78, 5) is 25.2. The maximum atomic E-state index is 12.9. The van der Waals surface area contributed by atoms with E-state index in [0.29, 0.717) is 6.54 Å². The number of carboxylic acid groups (broad SMARTS) is 1. The largest absolute Gasteiger partial charge is 0.480 e. The van der Waals surface area contributed by atoms with E-state index in [1.807, 2.05) is 13.8 Å². The van der Waals surface area contributed by atoms with Gasteiger partial charge in [0.25, 0.3) is 6.43 Å². The third-order valence-corrected chi connectivity index (χ3v) is 5.64. The van der Waals surface area contributed by atoms with E-state index in [4.69, 9.17) is 0 Å². The number of amides is 1. The molecule has 1 saturated carbocycles. The number of hydrogen-bond donors (Lipinski definition) is 2. The Morgan fingerprint density at radius 3 is 2.29 bits per heavy atom. The molecule has 8 heteroatoms. The summed E-state index contributed by atoms with van der Waals surface area (Å²) >= 11 is 4.62. The number of carbonyl (C=O) groups excluding carboxylic acids is 1. The molecule has 1 amide bonds. The summed E-state index contributed by atoms with van der Waals surface area (Å²) < 4.78 is 25.5. The molecule has 0 spiro atoms. The van der Waals surface area contributed by atoms with Crippen molar-refractivity contribution >= 4 is 29.1 Å². The summed E-state index contributed by atoms with van der Waals surface area (Å²) in [6, 6.07) is -1.91. The molecule has 136 valence electrons. The number of nitrogens with one attached hydrogen (secondary N) is 1. The van der Waals surface area contributed by atoms with Gasteiger partial charge in [-0.2, -0.15) is 0 Å². The zero-order valence-corrected chi connectivity index (χ0v) is 15.3. The highest BCUT2D eigenvalue weighted by atomic mass is 32.1. The first-order valence-corrected chi connectivity index (χ1v) is 8.32. The van der Waals surface area contributed by atoms with E-state index in [0.717, 1.165) is 0 Å². The zero-order chi connectivity index (χ0) is 18.6. The van der Waals surface area contributed by atoms with Gasteiger partial charge >= 0.3 is 5.97 Å². The van der Waals surface area contributed by atoms with E-state index in [-0.39, 0.29) is 17.3 Å². The van der Waals surface area contributed by atoms with Crippen molar-refractivity contribution in [1.82, 2.24) is 10.2 Å². The lowest BCUT2D eigenvalue weighted by atomic mass is 9.85. The van der Waals surface area contributed by atoms with Crippen LogP contribution in [0.15, 0.2) is 0 Å². The van der Waals surface area contributed by atoms with Gasteiger partial charge < -0.3 is 15.3 Å². The average Bonchev–Trinajstić information content (AvgIpc) is 2.82. The highest BCUT2D eigenvalue weighted by Crippen LogP contribution is 2.64. The number of nitrogens with zero attached hydrogens (tertiary/aromatic N) is 1. The number of carbonyl (C=O) groups is 2. The number of aliphatic carboxylic acids is 1. The Balaban J connectivity index is 2.24. The van der Waals surface area contributed by atoms with Gasteiger partial charge in [0.05, 0.1) is 0 Å². The van der Waals surface area contributed by atoms with Crippen molar-refractivity contribution in [2.75, 3.05) is 6.54 Å². The van der Waals surface area contributed by atoms with E-state index in [1.54, 1.807) is 20.8 Å². The SMILES string of the molecule is CC(C)(C)[C@H](NC(=S)C(F)F)C(=O)N1C[C@H]2[C@@H]([C@H]1C(=O)O)C2(C)C. The summed E-state index contributed by atoms with van der Waals surface area (Å²) in [6.45, 7) is 9.51. The number of halogens is 2. The summed E-state index contributed by atoms with van der Waals surface area (Å²) in [6.07, 6.45) is -2.86. The Hall–Kier alpha value is -1.31. The third-order valence-electron chi connectivity index (χ3n) is 5.34. The monoisotopic (exact) mass is 362 g/mol. The van der Waals surface area contributed by atoms with Crippen LogP contribution in [0.25, 0.3) is 0 Å². The molecule has 2 rings (SSSR count). The van der Waals surface area contributed by atoms with Crippen molar-refractivity contribution in [3.63, 3.8) is 0 Å². The third kappa shape index (κ3) is 3.12. The van der Waals surface area contributed by atoms with Crippen LogP contribution in [-0.2, 0) is 9.59 Å². The molecule has 0 aromatic rings. The van der Waals surface area contributed by atoms with Crippen LogP contribution in [0.3, 0.4) is 0 Å². The normalized spacial score (nSPS) is 29.2. The Morgan fingerprint density at radius 2 is 1.88 bits per heavy atom. The fourth-order valence-corrected chi connectivity index (χ4v) is 3.93. The van der Waals surface area contributed by atoms with Crippen molar-refractivity contribution < 1.29 is 23.5 Å². The lowest BCUT2D eigenvalue weighted by Gasteiger charge is -2.37. The number of rotatable bonds is 4.